The summed E-state index contributed by atoms with van der Waals surface area (Å²) in [5, 5.41) is 12.6. The number of aliphatic hydroxyl groups excluding tert-OH is 1. The van der Waals surface area contributed by atoms with Crippen LogP contribution in [0.2, 0.25) is 0 Å². The molecule has 0 aliphatic rings. The first kappa shape index (κ1) is 14.8. The Bertz CT molecular complexity index is 364. The predicted octanol–water partition coefficient (Wildman–Crippen LogP) is 1.95. The lowest BCUT2D eigenvalue weighted by Gasteiger charge is -2.14. The molecule has 0 fully saturated rings. The molecule has 0 saturated carbocycles. The average molecular weight is 253 g/mol. The fourth-order valence-electron chi connectivity index (χ4n) is 1.48. The van der Waals surface area contributed by atoms with E-state index in [1.165, 1.54) is 0 Å². The van der Waals surface area contributed by atoms with Gasteiger partial charge in [0.1, 0.15) is 6.61 Å². The van der Waals surface area contributed by atoms with E-state index < -0.39 is 6.10 Å². The summed E-state index contributed by atoms with van der Waals surface area (Å²) in [6, 6.07) is 6.27. The molecular weight excluding hydrogens is 230 g/mol. The minimum atomic E-state index is -0.493. The molecule has 1 rings (SSSR count). The standard InChI is InChI=1S/C14H23NO3/c1-10(2)15-8-12-5-6-13(17-4)14(7-12)18-9-11(3)16/h5-7,10-11,15-16H,8-9H2,1-4H3. The summed E-state index contributed by atoms with van der Waals surface area (Å²) in [5.74, 6) is 1.35. The smallest absolute Gasteiger partial charge is 0.161 e. The molecule has 1 aromatic rings. The summed E-state index contributed by atoms with van der Waals surface area (Å²) in [4.78, 5) is 0. The van der Waals surface area contributed by atoms with Crippen LogP contribution in [0, 0.1) is 0 Å². The Kier molecular flexibility index (Phi) is 5.95. The van der Waals surface area contributed by atoms with E-state index in [1.54, 1.807) is 14.0 Å². The van der Waals surface area contributed by atoms with E-state index >= 15 is 0 Å². The molecule has 4 nitrogen and oxygen atoms in total. The maximum Gasteiger partial charge on any atom is 0.161 e. The molecule has 0 bridgehead atoms. The SMILES string of the molecule is COc1ccc(CNC(C)C)cc1OCC(C)O. The van der Waals surface area contributed by atoms with Crippen LogP contribution in [-0.2, 0) is 6.54 Å². The maximum absolute atomic E-state index is 9.24. The van der Waals surface area contributed by atoms with Crippen molar-refractivity contribution in [3.05, 3.63) is 23.8 Å². The third kappa shape index (κ3) is 4.94. The van der Waals surface area contributed by atoms with Crippen LogP contribution >= 0.6 is 0 Å². The van der Waals surface area contributed by atoms with Crippen molar-refractivity contribution >= 4 is 0 Å². The molecule has 0 aromatic heterocycles. The van der Waals surface area contributed by atoms with Gasteiger partial charge in [0.25, 0.3) is 0 Å². The van der Waals surface area contributed by atoms with Crippen molar-refractivity contribution in [1.29, 1.82) is 0 Å². The Morgan fingerprint density at radius 3 is 2.50 bits per heavy atom. The van der Waals surface area contributed by atoms with Gasteiger partial charge in [-0.05, 0) is 24.6 Å². The molecule has 0 heterocycles. The van der Waals surface area contributed by atoms with Gasteiger partial charge in [-0.2, -0.15) is 0 Å². The summed E-state index contributed by atoms with van der Waals surface area (Å²) < 4.78 is 10.8. The lowest BCUT2D eigenvalue weighted by molar-refractivity contribution is 0.120. The second-order valence-corrected chi connectivity index (χ2v) is 4.68. The third-order valence-corrected chi connectivity index (χ3v) is 2.42. The van der Waals surface area contributed by atoms with E-state index in [4.69, 9.17) is 9.47 Å². The number of ether oxygens (including phenoxy) is 2. The number of benzene rings is 1. The number of rotatable bonds is 7. The van der Waals surface area contributed by atoms with Crippen LogP contribution in [0.1, 0.15) is 26.3 Å². The third-order valence-electron chi connectivity index (χ3n) is 2.42. The minimum absolute atomic E-state index is 0.261. The normalized spacial score (nSPS) is 12.6. The summed E-state index contributed by atoms with van der Waals surface area (Å²) in [5.41, 5.74) is 1.13. The van der Waals surface area contributed by atoms with Gasteiger partial charge in [0.2, 0.25) is 0 Å². The Labute approximate surface area is 109 Å². The van der Waals surface area contributed by atoms with Crippen molar-refractivity contribution < 1.29 is 14.6 Å². The van der Waals surface area contributed by atoms with Crippen molar-refractivity contribution in [3.63, 3.8) is 0 Å². The Morgan fingerprint density at radius 2 is 1.94 bits per heavy atom. The van der Waals surface area contributed by atoms with Crippen molar-refractivity contribution in [3.8, 4) is 11.5 Å². The second kappa shape index (κ2) is 7.24. The molecule has 0 aliphatic carbocycles. The molecule has 0 saturated heterocycles. The largest absolute Gasteiger partial charge is 0.493 e. The van der Waals surface area contributed by atoms with E-state index in [1.807, 2.05) is 18.2 Å². The van der Waals surface area contributed by atoms with E-state index in [-0.39, 0.29) is 6.61 Å². The van der Waals surface area contributed by atoms with Crippen molar-refractivity contribution in [1.82, 2.24) is 5.32 Å². The summed E-state index contributed by atoms with van der Waals surface area (Å²) in [6.45, 7) is 6.95. The van der Waals surface area contributed by atoms with Gasteiger partial charge in [-0.1, -0.05) is 19.9 Å². The molecule has 0 spiro atoms. The van der Waals surface area contributed by atoms with Gasteiger partial charge in [-0.25, -0.2) is 0 Å². The first-order valence-electron chi connectivity index (χ1n) is 6.24. The molecule has 2 N–H and O–H groups in total. The van der Waals surface area contributed by atoms with Gasteiger partial charge < -0.3 is 19.9 Å². The fraction of sp³-hybridized carbons (Fsp3) is 0.571. The van der Waals surface area contributed by atoms with Gasteiger partial charge >= 0.3 is 0 Å². The monoisotopic (exact) mass is 253 g/mol. The van der Waals surface area contributed by atoms with Crippen LogP contribution < -0.4 is 14.8 Å². The highest BCUT2D eigenvalue weighted by Gasteiger charge is 2.07. The quantitative estimate of drug-likeness (QED) is 0.780. The maximum atomic E-state index is 9.24. The van der Waals surface area contributed by atoms with Gasteiger partial charge in [0.15, 0.2) is 11.5 Å². The van der Waals surface area contributed by atoms with Gasteiger partial charge in [-0.15, -0.1) is 0 Å². The number of hydrogen-bond donors (Lipinski definition) is 2. The number of hydrogen-bond acceptors (Lipinski definition) is 4. The molecule has 0 aliphatic heterocycles. The van der Waals surface area contributed by atoms with Crippen molar-refractivity contribution in [2.24, 2.45) is 0 Å². The van der Waals surface area contributed by atoms with E-state index in [0.29, 0.717) is 17.5 Å². The zero-order chi connectivity index (χ0) is 13.5. The van der Waals surface area contributed by atoms with E-state index in [0.717, 1.165) is 12.1 Å². The van der Waals surface area contributed by atoms with Gasteiger partial charge in [-0.3, -0.25) is 0 Å². The van der Waals surface area contributed by atoms with Crippen LogP contribution in [0.25, 0.3) is 0 Å². The Morgan fingerprint density at radius 1 is 1.22 bits per heavy atom. The van der Waals surface area contributed by atoms with E-state index in [2.05, 4.69) is 19.2 Å². The highest BCUT2D eigenvalue weighted by Crippen LogP contribution is 2.28. The minimum Gasteiger partial charge on any atom is -0.493 e. The highest BCUT2D eigenvalue weighted by molar-refractivity contribution is 5.43. The van der Waals surface area contributed by atoms with Crippen LogP contribution in [0.5, 0.6) is 11.5 Å². The predicted molar refractivity (Wildman–Crippen MR) is 72.1 cm³/mol. The Hall–Kier alpha value is -1.26. The summed E-state index contributed by atoms with van der Waals surface area (Å²) in [6.07, 6.45) is -0.493. The number of methoxy groups -OCH3 is 1. The zero-order valence-corrected chi connectivity index (χ0v) is 11.6. The lowest BCUT2D eigenvalue weighted by atomic mass is 10.2. The van der Waals surface area contributed by atoms with Crippen LogP contribution in [0.15, 0.2) is 18.2 Å². The molecule has 0 radical (unpaired) electrons. The summed E-state index contributed by atoms with van der Waals surface area (Å²) >= 11 is 0. The number of nitrogens with one attached hydrogen (secondary N) is 1. The van der Waals surface area contributed by atoms with Gasteiger partial charge in [0, 0.05) is 12.6 Å². The van der Waals surface area contributed by atoms with Crippen LogP contribution in [-0.4, -0.2) is 31.0 Å². The lowest BCUT2D eigenvalue weighted by Crippen LogP contribution is -2.21. The molecular formula is C14H23NO3. The second-order valence-electron chi connectivity index (χ2n) is 4.68. The van der Waals surface area contributed by atoms with Crippen LogP contribution in [0.4, 0.5) is 0 Å². The molecule has 1 aromatic carbocycles. The van der Waals surface area contributed by atoms with Gasteiger partial charge in [0.05, 0.1) is 13.2 Å². The van der Waals surface area contributed by atoms with Crippen molar-refractivity contribution in [2.45, 2.75) is 39.5 Å². The molecule has 4 heteroatoms. The summed E-state index contributed by atoms with van der Waals surface area (Å²) in [7, 11) is 1.61. The molecule has 0 amide bonds. The topological polar surface area (TPSA) is 50.7 Å². The van der Waals surface area contributed by atoms with Crippen molar-refractivity contribution in [2.75, 3.05) is 13.7 Å². The zero-order valence-electron chi connectivity index (χ0n) is 11.6. The Balaban J connectivity index is 2.74. The first-order chi connectivity index (χ1) is 8.52. The molecule has 102 valence electrons. The average Bonchev–Trinajstić information content (AvgIpc) is 2.33. The molecule has 1 atom stereocenters. The highest BCUT2D eigenvalue weighted by atomic mass is 16.5. The molecule has 1 unspecified atom stereocenters. The number of aliphatic hydroxyl groups is 1. The van der Waals surface area contributed by atoms with Crippen LogP contribution in [0.3, 0.4) is 0 Å². The first-order valence-corrected chi connectivity index (χ1v) is 6.24. The van der Waals surface area contributed by atoms with E-state index in [9.17, 15) is 5.11 Å². The fourth-order valence-corrected chi connectivity index (χ4v) is 1.48. The molecule has 18 heavy (non-hydrogen) atoms.